The molecule has 0 atom stereocenters. The summed E-state index contributed by atoms with van der Waals surface area (Å²) in [5.74, 6) is 0.815. The molecule has 0 spiro atoms. The molecular formula is C13H13BrN2O3. The zero-order valence-corrected chi connectivity index (χ0v) is 11.9. The predicted molar refractivity (Wildman–Crippen MR) is 74.8 cm³/mol. The summed E-state index contributed by atoms with van der Waals surface area (Å²) in [6.07, 6.45) is 0. The minimum absolute atomic E-state index is 0.153. The molecular weight excluding hydrogens is 312 g/mol. The number of rotatable bonds is 5. The normalized spacial score (nSPS) is 10.6. The summed E-state index contributed by atoms with van der Waals surface area (Å²) in [7, 11) is 0. The minimum atomic E-state index is -0.359. The number of furan rings is 1. The zero-order valence-electron chi connectivity index (χ0n) is 10.4. The van der Waals surface area contributed by atoms with Crippen LogP contribution < -0.4 is 5.32 Å². The van der Waals surface area contributed by atoms with E-state index in [4.69, 9.17) is 4.42 Å². The SMILES string of the molecule is Cc1c(CNCc2ccc(Br)o2)cccc1[N+](=O)[O-]. The van der Waals surface area contributed by atoms with Crippen LogP contribution in [0.5, 0.6) is 0 Å². The quantitative estimate of drug-likeness (QED) is 0.674. The van der Waals surface area contributed by atoms with E-state index in [1.807, 2.05) is 18.2 Å². The highest BCUT2D eigenvalue weighted by Gasteiger charge is 2.12. The van der Waals surface area contributed by atoms with Crippen molar-refractivity contribution in [2.75, 3.05) is 0 Å². The van der Waals surface area contributed by atoms with Crippen molar-refractivity contribution in [3.63, 3.8) is 0 Å². The van der Waals surface area contributed by atoms with Crippen molar-refractivity contribution in [1.82, 2.24) is 5.32 Å². The number of hydrogen-bond donors (Lipinski definition) is 1. The average molecular weight is 325 g/mol. The third-order valence-electron chi connectivity index (χ3n) is 2.86. The van der Waals surface area contributed by atoms with Gasteiger partial charge in [-0.1, -0.05) is 12.1 Å². The van der Waals surface area contributed by atoms with Crippen LogP contribution in [-0.2, 0) is 13.1 Å². The van der Waals surface area contributed by atoms with Crippen LogP contribution in [0, 0.1) is 17.0 Å². The molecule has 2 aromatic rings. The molecule has 2 rings (SSSR count). The first-order valence-electron chi connectivity index (χ1n) is 5.75. The molecule has 0 fully saturated rings. The molecule has 100 valence electrons. The summed E-state index contributed by atoms with van der Waals surface area (Å²) in [6.45, 7) is 2.90. The van der Waals surface area contributed by atoms with Gasteiger partial charge in [0.25, 0.3) is 5.69 Å². The minimum Gasteiger partial charge on any atom is -0.453 e. The molecule has 1 aromatic carbocycles. The monoisotopic (exact) mass is 324 g/mol. The van der Waals surface area contributed by atoms with Gasteiger partial charge in [-0.25, -0.2) is 0 Å². The predicted octanol–water partition coefficient (Wildman–Crippen LogP) is 3.55. The van der Waals surface area contributed by atoms with E-state index in [0.717, 1.165) is 11.3 Å². The van der Waals surface area contributed by atoms with E-state index in [-0.39, 0.29) is 10.6 Å². The first kappa shape index (κ1) is 13.8. The molecule has 0 saturated heterocycles. The van der Waals surface area contributed by atoms with E-state index in [0.29, 0.717) is 23.3 Å². The Bertz CT molecular complexity index is 595. The lowest BCUT2D eigenvalue weighted by Gasteiger charge is -2.07. The summed E-state index contributed by atoms with van der Waals surface area (Å²) in [6, 6.07) is 8.80. The van der Waals surface area contributed by atoms with E-state index in [9.17, 15) is 10.1 Å². The van der Waals surface area contributed by atoms with Crippen LogP contribution in [0.25, 0.3) is 0 Å². The van der Waals surface area contributed by atoms with Gasteiger partial charge in [-0.2, -0.15) is 0 Å². The molecule has 0 radical (unpaired) electrons. The summed E-state index contributed by atoms with van der Waals surface area (Å²) < 4.78 is 6.05. The van der Waals surface area contributed by atoms with E-state index in [1.54, 1.807) is 13.0 Å². The van der Waals surface area contributed by atoms with Gasteiger partial charge in [-0.05, 0) is 40.5 Å². The van der Waals surface area contributed by atoms with Crippen LogP contribution in [0.4, 0.5) is 5.69 Å². The molecule has 5 nitrogen and oxygen atoms in total. The molecule has 0 amide bonds. The maximum absolute atomic E-state index is 10.8. The lowest BCUT2D eigenvalue weighted by Crippen LogP contribution is -2.13. The largest absolute Gasteiger partial charge is 0.453 e. The molecule has 1 N–H and O–H groups in total. The highest BCUT2D eigenvalue weighted by molar-refractivity contribution is 9.10. The van der Waals surface area contributed by atoms with Crippen LogP contribution in [0.2, 0.25) is 0 Å². The van der Waals surface area contributed by atoms with Crippen LogP contribution >= 0.6 is 15.9 Å². The van der Waals surface area contributed by atoms with E-state index >= 15 is 0 Å². The number of nitro benzene ring substituents is 1. The fraction of sp³-hybridized carbons (Fsp3) is 0.231. The van der Waals surface area contributed by atoms with Crippen molar-refractivity contribution in [3.8, 4) is 0 Å². The number of nitro groups is 1. The Labute approximate surface area is 118 Å². The number of halogens is 1. The maximum atomic E-state index is 10.8. The maximum Gasteiger partial charge on any atom is 0.272 e. The van der Waals surface area contributed by atoms with E-state index in [1.165, 1.54) is 6.07 Å². The molecule has 0 aliphatic heterocycles. The second-order valence-electron chi connectivity index (χ2n) is 4.13. The van der Waals surface area contributed by atoms with Gasteiger partial charge in [0.2, 0.25) is 0 Å². The van der Waals surface area contributed by atoms with Crippen molar-refractivity contribution >= 4 is 21.6 Å². The molecule has 1 aromatic heterocycles. The fourth-order valence-electron chi connectivity index (χ4n) is 1.83. The third-order valence-corrected chi connectivity index (χ3v) is 3.28. The summed E-state index contributed by atoms with van der Waals surface area (Å²) in [5.41, 5.74) is 1.76. The zero-order chi connectivity index (χ0) is 13.8. The Kier molecular flexibility index (Phi) is 4.34. The molecule has 0 aliphatic rings. The van der Waals surface area contributed by atoms with Crippen molar-refractivity contribution in [3.05, 3.63) is 62.0 Å². The highest BCUT2D eigenvalue weighted by atomic mass is 79.9. The van der Waals surface area contributed by atoms with Crippen molar-refractivity contribution in [2.45, 2.75) is 20.0 Å². The van der Waals surface area contributed by atoms with Gasteiger partial charge >= 0.3 is 0 Å². The number of nitrogens with one attached hydrogen (secondary N) is 1. The Hall–Kier alpha value is -1.66. The van der Waals surface area contributed by atoms with Gasteiger partial charge in [-0.3, -0.25) is 10.1 Å². The Morgan fingerprint density at radius 2 is 2.11 bits per heavy atom. The Morgan fingerprint density at radius 3 is 2.74 bits per heavy atom. The first-order chi connectivity index (χ1) is 9.08. The third kappa shape index (κ3) is 3.42. The summed E-state index contributed by atoms with van der Waals surface area (Å²) >= 11 is 3.24. The van der Waals surface area contributed by atoms with Gasteiger partial charge < -0.3 is 9.73 Å². The second-order valence-corrected chi connectivity index (χ2v) is 4.91. The lowest BCUT2D eigenvalue weighted by atomic mass is 10.1. The van der Waals surface area contributed by atoms with Gasteiger partial charge in [0.05, 0.1) is 11.5 Å². The number of hydrogen-bond acceptors (Lipinski definition) is 4. The molecule has 0 saturated carbocycles. The van der Waals surface area contributed by atoms with Crippen LogP contribution in [-0.4, -0.2) is 4.92 Å². The van der Waals surface area contributed by atoms with Crippen molar-refractivity contribution < 1.29 is 9.34 Å². The van der Waals surface area contributed by atoms with Crippen LogP contribution in [0.1, 0.15) is 16.9 Å². The molecule has 6 heteroatoms. The molecule has 0 aliphatic carbocycles. The van der Waals surface area contributed by atoms with Gasteiger partial charge in [-0.15, -0.1) is 0 Å². The van der Waals surface area contributed by atoms with E-state index < -0.39 is 0 Å². The number of benzene rings is 1. The van der Waals surface area contributed by atoms with Gasteiger partial charge in [0.15, 0.2) is 4.67 Å². The molecule has 19 heavy (non-hydrogen) atoms. The van der Waals surface area contributed by atoms with Crippen LogP contribution in [0.15, 0.2) is 39.4 Å². The summed E-state index contributed by atoms with van der Waals surface area (Å²) in [5, 5.41) is 14.0. The molecule has 1 heterocycles. The lowest BCUT2D eigenvalue weighted by molar-refractivity contribution is -0.385. The molecule has 0 bridgehead atoms. The van der Waals surface area contributed by atoms with Crippen LogP contribution in [0.3, 0.4) is 0 Å². The topological polar surface area (TPSA) is 68.3 Å². The average Bonchev–Trinajstić information content (AvgIpc) is 2.77. The molecule has 0 unspecified atom stereocenters. The fourth-order valence-corrected chi connectivity index (χ4v) is 2.17. The van der Waals surface area contributed by atoms with Gasteiger partial charge in [0.1, 0.15) is 5.76 Å². The Balaban J connectivity index is 2.00. The standard InChI is InChI=1S/C13H13BrN2O3/c1-9-10(3-2-4-12(9)16(17)18)7-15-8-11-5-6-13(14)19-11/h2-6,15H,7-8H2,1H3. The first-order valence-corrected chi connectivity index (χ1v) is 6.55. The van der Waals surface area contributed by atoms with Crippen molar-refractivity contribution in [2.24, 2.45) is 0 Å². The summed E-state index contributed by atoms with van der Waals surface area (Å²) in [4.78, 5) is 10.5. The smallest absolute Gasteiger partial charge is 0.272 e. The van der Waals surface area contributed by atoms with E-state index in [2.05, 4.69) is 21.2 Å². The Morgan fingerprint density at radius 1 is 1.32 bits per heavy atom. The second kappa shape index (κ2) is 5.99. The number of nitrogens with zero attached hydrogens (tertiary/aromatic N) is 1. The van der Waals surface area contributed by atoms with Gasteiger partial charge in [0, 0.05) is 18.2 Å². The van der Waals surface area contributed by atoms with Crippen molar-refractivity contribution in [1.29, 1.82) is 0 Å². The highest BCUT2D eigenvalue weighted by Crippen LogP contribution is 2.21.